The molecule has 1 atom stereocenters. The first-order chi connectivity index (χ1) is 16.0. The minimum absolute atomic E-state index is 0.233. The third kappa shape index (κ3) is 5.18. The number of allylic oxidation sites excluding steroid dienone is 2. The van der Waals surface area contributed by atoms with Crippen molar-refractivity contribution in [1.82, 2.24) is 14.8 Å². The average Bonchev–Trinajstić information content (AvgIpc) is 2.83. The molecule has 0 radical (unpaired) electrons. The highest BCUT2D eigenvalue weighted by Crippen LogP contribution is 2.30. The van der Waals surface area contributed by atoms with Crippen molar-refractivity contribution in [1.29, 1.82) is 0 Å². The number of carbonyl (C=O) groups excluding carboxylic acids is 1. The molecule has 33 heavy (non-hydrogen) atoms. The van der Waals surface area contributed by atoms with E-state index in [4.69, 9.17) is 9.47 Å². The molecule has 2 aromatic rings. The van der Waals surface area contributed by atoms with Gasteiger partial charge in [-0.15, -0.1) is 0 Å². The lowest BCUT2D eigenvalue weighted by Crippen LogP contribution is -2.44. The van der Waals surface area contributed by atoms with E-state index >= 15 is 0 Å². The predicted octanol–water partition coefficient (Wildman–Crippen LogP) is 2.86. The van der Waals surface area contributed by atoms with Crippen molar-refractivity contribution in [3.63, 3.8) is 0 Å². The number of hydrogen-bond donors (Lipinski definition) is 2. The number of hydrogen-bond acceptors (Lipinski definition) is 7. The van der Waals surface area contributed by atoms with Crippen LogP contribution >= 0.6 is 0 Å². The summed E-state index contributed by atoms with van der Waals surface area (Å²) < 4.78 is 11.0. The standard InChI is InChI=1S/C25H30N4O4/c1-4-33-21-7-5-6-18(12-21)24(30)27-20-14-22(17(2)26-15-20)19-13-23(25(31)28(3)16-19)29-8-10-32-11-9-29/h5-7,12-16,25,31H,4,8-11H2,1-3H3,(H,27,30). The van der Waals surface area contributed by atoms with E-state index in [-0.39, 0.29) is 5.91 Å². The van der Waals surface area contributed by atoms with Gasteiger partial charge < -0.3 is 29.7 Å². The SMILES string of the molecule is CCOc1cccc(C(=O)Nc2cnc(C)c(C3=CN(C)C(O)C(N4CCOCC4)=C3)c2)c1. The van der Waals surface area contributed by atoms with Crippen LogP contribution in [0.15, 0.2) is 54.5 Å². The smallest absolute Gasteiger partial charge is 0.255 e. The summed E-state index contributed by atoms with van der Waals surface area (Å²) in [6.07, 6.45) is 4.82. The van der Waals surface area contributed by atoms with Crippen LogP contribution in [0, 0.1) is 6.92 Å². The van der Waals surface area contributed by atoms with Crippen molar-refractivity contribution < 1.29 is 19.4 Å². The topological polar surface area (TPSA) is 87.2 Å². The van der Waals surface area contributed by atoms with Crippen molar-refractivity contribution in [2.75, 3.05) is 45.3 Å². The number of nitrogens with zero attached hydrogens (tertiary/aromatic N) is 3. The van der Waals surface area contributed by atoms with E-state index in [0.717, 1.165) is 35.6 Å². The Balaban J connectivity index is 1.59. The van der Waals surface area contributed by atoms with Gasteiger partial charge in [0.1, 0.15) is 5.75 Å². The lowest BCUT2D eigenvalue weighted by Gasteiger charge is -2.38. The number of amides is 1. The van der Waals surface area contributed by atoms with Crippen LogP contribution < -0.4 is 10.1 Å². The molecule has 0 saturated carbocycles. The Labute approximate surface area is 194 Å². The third-order valence-electron chi connectivity index (χ3n) is 5.74. The number of ether oxygens (including phenoxy) is 2. The van der Waals surface area contributed by atoms with E-state index in [9.17, 15) is 9.90 Å². The average molecular weight is 451 g/mol. The fourth-order valence-electron chi connectivity index (χ4n) is 3.98. The number of morpholine rings is 1. The molecule has 1 saturated heterocycles. The summed E-state index contributed by atoms with van der Waals surface area (Å²) in [4.78, 5) is 21.3. The molecular formula is C25H30N4O4. The van der Waals surface area contributed by atoms with E-state index in [2.05, 4.69) is 15.2 Å². The molecule has 1 unspecified atom stereocenters. The Hall–Kier alpha value is -3.36. The number of aliphatic hydroxyl groups is 1. The molecule has 1 fully saturated rings. The second kappa shape index (κ2) is 10.1. The van der Waals surface area contributed by atoms with Crippen LogP contribution in [0.4, 0.5) is 5.69 Å². The number of aliphatic hydroxyl groups excluding tert-OH is 1. The van der Waals surface area contributed by atoms with Gasteiger partial charge in [-0.2, -0.15) is 0 Å². The molecule has 8 heteroatoms. The first kappa shape index (κ1) is 22.8. The summed E-state index contributed by atoms with van der Waals surface area (Å²) >= 11 is 0. The van der Waals surface area contributed by atoms with E-state index in [1.165, 1.54) is 0 Å². The molecule has 1 amide bonds. The first-order valence-electron chi connectivity index (χ1n) is 11.1. The molecule has 8 nitrogen and oxygen atoms in total. The van der Waals surface area contributed by atoms with Gasteiger partial charge in [0.15, 0.2) is 6.23 Å². The zero-order valence-corrected chi connectivity index (χ0v) is 19.2. The second-order valence-corrected chi connectivity index (χ2v) is 8.06. The minimum Gasteiger partial charge on any atom is -0.494 e. The summed E-state index contributed by atoms with van der Waals surface area (Å²) in [7, 11) is 1.85. The molecule has 0 aliphatic carbocycles. The molecule has 3 heterocycles. The highest BCUT2D eigenvalue weighted by molar-refractivity contribution is 6.04. The van der Waals surface area contributed by atoms with Crippen molar-refractivity contribution >= 4 is 17.2 Å². The van der Waals surface area contributed by atoms with Gasteiger partial charge in [-0.3, -0.25) is 9.78 Å². The Bertz CT molecular complexity index is 1080. The minimum atomic E-state index is -0.722. The van der Waals surface area contributed by atoms with Crippen molar-refractivity contribution in [3.8, 4) is 5.75 Å². The van der Waals surface area contributed by atoms with Crippen LogP contribution in [0.3, 0.4) is 0 Å². The van der Waals surface area contributed by atoms with Gasteiger partial charge in [0.25, 0.3) is 5.91 Å². The number of aromatic nitrogens is 1. The van der Waals surface area contributed by atoms with Crippen molar-refractivity contribution in [3.05, 3.63) is 71.3 Å². The van der Waals surface area contributed by atoms with Gasteiger partial charge in [-0.1, -0.05) is 6.07 Å². The lowest BCUT2D eigenvalue weighted by molar-refractivity contribution is 0.0128. The maximum absolute atomic E-state index is 12.8. The van der Waals surface area contributed by atoms with E-state index in [0.29, 0.717) is 36.8 Å². The molecule has 2 N–H and O–H groups in total. The van der Waals surface area contributed by atoms with E-state index in [1.54, 1.807) is 29.3 Å². The summed E-state index contributed by atoms with van der Waals surface area (Å²) in [6, 6.07) is 9.00. The van der Waals surface area contributed by atoms with Crippen molar-refractivity contribution in [2.24, 2.45) is 0 Å². The number of anilines is 1. The van der Waals surface area contributed by atoms with E-state index in [1.807, 2.05) is 45.3 Å². The lowest BCUT2D eigenvalue weighted by atomic mass is 10.00. The molecule has 1 aromatic heterocycles. The number of likely N-dealkylation sites (N-methyl/N-ethyl adjacent to an activating group) is 1. The Morgan fingerprint density at radius 2 is 2.09 bits per heavy atom. The van der Waals surface area contributed by atoms with Gasteiger partial charge >= 0.3 is 0 Å². The molecule has 1 aromatic carbocycles. The van der Waals surface area contributed by atoms with Gasteiger partial charge in [0.2, 0.25) is 0 Å². The molecule has 0 spiro atoms. The normalized spacial score (nSPS) is 18.5. The summed E-state index contributed by atoms with van der Waals surface area (Å²) in [5, 5.41) is 13.7. The van der Waals surface area contributed by atoms with Gasteiger partial charge in [0, 0.05) is 48.7 Å². The fraction of sp³-hybridized carbons (Fsp3) is 0.360. The summed E-state index contributed by atoms with van der Waals surface area (Å²) in [5.41, 5.74) is 4.58. The van der Waals surface area contributed by atoms with Crippen LogP contribution in [0.2, 0.25) is 0 Å². The number of carbonyl (C=O) groups is 1. The molecule has 174 valence electrons. The monoisotopic (exact) mass is 450 g/mol. The maximum atomic E-state index is 12.8. The molecular weight excluding hydrogens is 420 g/mol. The van der Waals surface area contributed by atoms with Crippen LogP contribution in [0.5, 0.6) is 5.75 Å². The molecule has 0 bridgehead atoms. The number of pyridine rings is 1. The molecule has 2 aliphatic rings. The van der Waals surface area contributed by atoms with Gasteiger partial charge in [-0.05, 0) is 44.2 Å². The zero-order chi connectivity index (χ0) is 23.4. The first-order valence-corrected chi connectivity index (χ1v) is 11.1. The number of benzene rings is 1. The highest BCUT2D eigenvalue weighted by Gasteiger charge is 2.27. The predicted molar refractivity (Wildman–Crippen MR) is 127 cm³/mol. The van der Waals surface area contributed by atoms with Crippen LogP contribution in [0.1, 0.15) is 28.5 Å². The highest BCUT2D eigenvalue weighted by atomic mass is 16.5. The fourth-order valence-corrected chi connectivity index (χ4v) is 3.98. The van der Waals surface area contributed by atoms with Crippen LogP contribution in [0.25, 0.3) is 5.57 Å². The van der Waals surface area contributed by atoms with Gasteiger partial charge in [0.05, 0.1) is 37.4 Å². The van der Waals surface area contributed by atoms with E-state index < -0.39 is 6.23 Å². The summed E-state index contributed by atoms with van der Waals surface area (Å²) in [6.45, 7) is 7.12. The quantitative estimate of drug-likeness (QED) is 0.700. The number of rotatable bonds is 6. The maximum Gasteiger partial charge on any atom is 0.255 e. The molecule has 4 rings (SSSR count). The molecule has 2 aliphatic heterocycles. The van der Waals surface area contributed by atoms with Crippen LogP contribution in [-0.2, 0) is 4.74 Å². The zero-order valence-electron chi connectivity index (χ0n) is 19.2. The Morgan fingerprint density at radius 3 is 2.85 bits per heavy atom. The number of aryl methyl sites for hydroxylation is 1. The number of nitrogens with one attached hydrogen (secondary N) is 1. The summed E-state index contributed by atoms with van der Waals surface area (Å²) in [5.74, 6) is 0.422. The van der Waals surface area contributed by atoms with Gasteiger partial charge in [-0.25, -0.2) is 0 Å². The largest absolute Gasteiger partial charge is 0.494 e. The van der Waals surface area contributed by atoms with Crippen LogP contribution in [-0.4, -0.2) is 72.0 Å². The second-order valence-electron chi connectivity index (χ2n) is 8.06. The third-order valence-corrected chi connectivity index (χ3v) is 5.74. The van der Waals surface area contributed by atoms with Crippen molar-refractivity contribution in [2.45, 2.75) is 20.1 Å². The Kier molecular flexibility index (Phi) is 6.96. The Morgan fingerprint density at radius 1 is 1.30 bits per heavy atom.